The van der Waals surface area contributed by atoms with Gasteiger partial charge >= 0.3 is 0 Å². The van der Waals surface area contributed by atoms with Crippen LogP contribution >= 0.6 is 11.3 Å². The van der Waals surface area contributed by atoms with E-state index >= 15 is 0 Å². The van der Waals surface area contributed by atoms with Crippen molar-refractivity contribution in [1.82, 2.24) is 9.97 Å². The van der Waals surface area contributed by atoms with E-state index in [1.54, 1.807) is 11.3 Å². The van der Waals surface area contributed by atoms with Crippen LogP contribution in [0.5, 0.6) is 5.88 Å². The van der Waals surface area contributed by atoms with Crippen LogP contribution in [0.4, 0.5) is 11.5 Å². The number of aryl methyl sites for hydroxylation is 1. The van der Waals surface area contributed by atoms with Crippen molar-refractivity contribution in [3.63, 3.8) is 0 Å². The minimum atomic E-state index is 0.440. The molecule has 21 heavy (non-hydrogen) atoms. The second kappa shape index (κ2) is 7.26. The molecule has 0 saturated carbocycles. The molecule has 0 radical (unpaired) electrons. The number of nitrogens with two attached hydrogens (primary N) is 1. The third-order valence-corrected chi connectivity index (χ3v) is 3.62. The summed E-state index contributed by atoms with van der Waals surface area (Å²) in [5.41, 5.74) is 7.55. The van der Waals surface area contributed by atoms with Crippen LogP contribution in [-0.2, 0) is 6.42 Å². The molecule has 5 nitrogen and oxygen atoms in total. The summed E-state index contributed by atoms with van der Waals surface area (Å²) in [6.07, 6.45) is 0.874. The van der Waals surface area contributed by atoms with Crippen LogP contribution in [-0.4, -0.2) is 23.1 Å². The molecule has 0 spiro atoms. The van der Waals surface area contributed by atoms with Gasteiger partial charge in [-0.3, -0.25) is 0 Å². The average molecular weight is 306 g/mol. The van der Waals surface area contributed by atoms with Gasteiger partial charge in [-0.05, 0) is 25.0 Å². The maximum atomic E-state index is 5.87. The maximum Gasteiger partial charge on any atom is 0.239 e. The molecule has 2 rings (SSSR count). The van der Waals surface area contributed by atoms with E-state index in [-0.39, 0.29) is 0 Å². The van der Waals surface area contributed by atoms with Gasteiger partial charge in [0.2, 0.25) is 5.88 Å². The number of hydrogen-bond acceptors (Lipinski definition) is 6. The first-order chi connectivity index (χ1) is 10.0. The minimum Gasteiger partial charge on any atom is -0.476 e. The summed E-state index contributed by atoms with van der Waals surface area (Å²) in [6.45, 7) is 7.59. The zero-order valence-corrected chi connectivity index (χ0v) is 13.5. The first-order valence-electron chi connectivity index (χ1n) is 7.09. The van der Waals surface area contributed by atoms with Crippen LogP contribution in [0.3, 0.4) is 0 Å². The lowest BCUT2D eigenvalue weighted by molar-refractivity contribution is 0.263. The van der Waals surface area contributed by atoms with Crippen molar-refractivity contribution >= 4 is 22.8 Å². The molecular formula is C15H22N4OS. The standard InChI is InChI=1S/C15H22N4OS/c1-10(2)8-20-15-13(16)4-5-14(19-15)17-7-6-12-9-21-11(3)18-12/h4-5,9-10H,6-8,16H2,1-3H3,(H,17,19). The number of aromatic nitrogens is 2. The molecule has 0 unspecified atom stereocenters. The Morgan fingerprint density at radius 3 is 2.81 bits per heavy atom. The van der Waals surface area contributed by atoms with Crippen LogP contribution in [0.1, 0.15) is 24.5 Å². The first kappa shape index (κ1) is 15.6. The van der Waals surface area contributed by atoms with E-state index in [0.717, 1.165) is 29.5 Å². The summed E-state index contributed by atoms with van der Waals surface area (Å²) in [5.74, 6) is 1.71. The topological polar surface area (TPSA) is 73.1 Å². The van der Waals surface area contributed by atoms with Gasteiger partial charge in [-0.15, -0.1) is 11.3 Å². The SMILES string of the molecule is Cc1nc(CCNc2ccc(N)c(OCC(C)C)n2)cs1. The number of pyridine rings is 1. The Kier molecular flexibility index (Phi) is 5.38. The summed E-state index contributed by atoms with van der Waals surface area (Å²) in [6, 6.07) is 3.68. The minimum absolute atomic E-state index is 0.440. The summed E-state index contributed by atoms with van der Waals surface area (Å²) >= 11 is 1.67. The second-order valence-corrected chi connectivity index (χ2v) is 6.39. The third-order valence-electron chi connectivity index (χ3n) is 2.80. The van der Waals surface area contributed by atoms with Gasteiger partial charge < -0.3 is 15.8 Å². The number of rotatable bonds is 7. The molecule has 0 aliphatic heterocycles. The van der Waals surface area contributed by atoms with E-state index in [1.165, 1.54) is 0 Å². The highest BCUT2D eigenvalue weighted by Gasteiger charge is 2.06. The number of thiazole rings is 1. The van der Waals surface area contributed by atoms with E-state index in [4.69, 9.17) is 10.5 Å². The predicted octanol–water partition coefficient (Wildman–Crippen LogP) is 3.12. The molecule has 0 fully saturated rings. The number of nitrogens with one attached hydrogen (secondary N) is 1. The maximum absolute atomic E-state index is 5.87. The molecule has 2 aromatic heterocycles. The highest BCUT2D eigenvalue weighted by atomic mass is 32.1. The van der Waals surface area contributed by atoms with Gasteiger partial charge in [-0.2, -0.15) is 4.98 Å². The smallest absolute Gasteiger partial charge is 0.239 e. The van der Waals surface area contributed by atoms with Gasteiger partial charge in [0.15, 0.2) is 0 Å². The monoisotopic (exact) mass is 306 g/mol. The van der Waals surface area contributed by atoms with Crippen molar-refractivity contribution < 1.29 is 4.74 Å². The molecule has 0 aliphatic rings. The fourth-order valence-corrected chi connectivity index (χ4v) is 2.40. The zero-order chi connectivity index (χ0) is 15.2. The Hall–Kier alpha value is -1.82. The Morgan fingerprint density at radius 1 is 1.33 bits per heavy atom. The quantitative estimate of drug-likeness (QED) is 0.822. The summed E-state index contributed by atoms with van der Waals surface area (Å²) in [4.78, 5) is 8.84. The molecule has 0 bridgehead atoms. The van der Waals surface area contributed by atoms with E-state index in [2.05, 4.69) is 34.5 Å². The molecule has 0 atom stereocenters. The third kappa shape index (κ3) is 4.90. The zero-order valence-electron chi connectivity index (χ0n) is 12.7. The van der Waals surface area contributed by atoms with E-state index in [1.807, 2.05) is 19.1 Å². The van der Waals surface area contributed by atoms with Crippen LogP contribution < -0.4 is 15.8 Å². The number of anilines is 2. The second-order valence-electron chi connectivity index (χ2n) is 5.33. The molecule has 0 amide bonds. The Morgan fingerprint density at radius 2 is 2.14 bits per heavy atom. The Bertz CT molecular complexity index is 583. The van der Waals surface area contributed by atoms with Crippen molar-refractivity contribution in [3.05, 3.63) is 28.2 Å². The average Bonchev–Trinajstić information content (AvgIpc) is 2.84. The van der Waals surface area contributed by atoms with Crippen molar-refractivity contribution in [2.45, 2.75) is 27.2 Å². The van der Waals surface area contributed by atoms with Gasteiger partial charge in [0.05, 0.1) is 23.0 Å². The Labute approximate surface area is 129 Å². The summed E-state index contributed by atoms with van der Waals surface area (Å²) < 4.78 is 5.62. The summed E-state index contributed by atoms with van der Waals surface area (Å²) in [5, 5.41) is 6.46. The molecule has 0 saturated heterocycles. The molecule has 3 N–H and O–H groups in total. The molecule has 2 aromatic rings. The fraction of sp³-hybridized carbons (Fsp3) is 0.467. The van der Waals surface area contributed by atoms with Crippen LogP contribution in [0.2, 0.25) is 0 Å². The van der Waals surface area contributed by atoms with Crippen molar-refractivity contribution in [3.8, 4) is 5.88 Å². The van der Waals surface area contributed by atoms with Gasteiger partial charge in [-0.25, -0.2) is 4.98 Å². The molecule has 0 aromatic carbocycles. The number of hydrogen-bond donors (Lipinski definition) is 2. The van der Waals surface area contributed by atoms with E-state index < -0.39 is 0 Å². The van der Waals surface area contributed by atoms with Gasteiger partial charge in [-0.1, -0.05) is 13.8 Å². The van der Waals surface area contributed by atoms with Gasteiger partial charge in [0, 0.05) is 18.3 Å². The van der Waals surface area contributed by atoms with Crippen LogP contribution in [0.25, 0.3) is 0 Å². The first-order valence-corrected chi connectivity index (χ1v) is 7.96. The van der Waals surface area contributed by atoms with Gasteiger partial charge in [0.1, 0.15) is 5.82 Å². The molecule has 2 heterocycles. The molecule has 0 aliphatic carbocycles. The van der Waals surface area contributed by atoms with E-state index in [9.17, 15) is 0 Å². The predicted molar refractivity (Wildman–Crippen MR) is 88.0 cm³/mol. The molecular weight excluding hydrogens is 284 g/mol. The highest BCUT2D eigenvalue weighted by molar-refractivity contribution is 7.09. The Balaban J connectivity index is 1.89. The normalized spacial score (nSPS) is 10.9. The van der Waals surface area contributed by atoms with E-state index in [0.29, 0.717) is 24.1 Å². The highest BCUT2D eigenvalue weighted by Crippen LogP contribution is 2.21. The summed E-state index contributed by atoms with van der Waals surface area (Å²) in [7, 11) is 0. The van der Waals surface area contributed by atoms with Crippen LogP contribution in [0, 0.1) is 12.8 Å². The number of nitrogen functional groups attached to an aromatic ring is 1. The lowest BCUT2D eigenvalue weighted by Gasteiger charge is -2.12. The van der Waals surface area contributed by atoms with Crippen molar-refractivity contribution in [2.75, 3.05) is 24.2 Å². The number of nitrogens with zero attached hydrogens (tertiary/aromatic N) is 2. The lowest BCUT2D eigenvalue weighted by Crippen LogP contribution is -2.10. The van der Waals surface area contributed by atoms with Crippen LogP contribution in [0.15, 0.2) is 17.5 Å². The fourth-order valence-electron chi connectivity index (χ4n) is 1.75. The number of ether oxygens (including phenoxy) is 1. The largest absolute Gasteiger partial charge is 0.476 e. The van der Waals surface area contributed by atoms with Crippen molar-refractivity contribution in [1.29, 1.82) is 0 Å². The molecule has 6 heteroatoms. The van der Waals surface area contributed by atoms with Gasteiger partial charge in [0.25, 0.3) is 0 Å². The van der Waals surface area contributed by atoms with Crippen molar-refractivity contribution in [2.24, 2.45) is 5.92 Å². The lowest BCUT2D eigenvalue weighted by atomic mass is 10.2. The molecule has 114 valence electrons.